The minimum atomic E-state index is -0.0994. The first kappa shape index (κ1) is 24.5. The summed E-state index contributed by atoms with van der Waals surface area (Å²) in [6, 6.07) is 22.6. The fourth-order valence-corrected chi connectivity index (χ4v) is 5.68. The van der Waals surface area contributed by atoms with Crippen molar-refractivity contribution in [1.29, 1.82) is 0 Å². The Labute approximate surface area is 211 Å². The van der Waals surface area contributed by atoms with E-state index in [-0.39, 0.29) is 16.7 Å². The molecule has 4 rings (SSSR count). The van der Waals surface area contributed by atoms with Gasteiger partial charge in [0.25, 0.3) is 5.91 Å². The standard InChI is InChI=1S/C29H32N2OS2/c1-28(2,3)21-11-7-19(8-12-21)18-33-27-31-24-16-15-23(17-25(24)34-27)30-26(32)20-9-13-22(14-10-20)29(4,5)6/h7-17H,18H2,1-6H3,(H,30,32). The van der Waals surface area contributed by atoms with Gasteiger partial charge >= 0.3 is 0 Å². The van der Waals surface area contributed by atoms with Gasteiger partial charge < -0.3 is 5.32 Å². The molecule has 0 atom stereocenters. The largest absolute Gasteiger partial charge is 0.322 e. The summed E-state index contributed by atoms with van der Waals surface area (Å²) >= 11 is 3.42. The van der Waals surface area contributed by atoms with Gasteiger partial charge in [-0.2, -0.15) is 0 Å². The van der Waals surface area contributed by atoms with Gasteiger partial charge in [0.2, 0.25) is 0 Å². The molecule has 0 aliphatic carbocycles. The number of thiazole rings is 1. The second kappa shape index (κ2) is 9.55. The van der Waals surface area contributed by atoms with Gasteiger partial charge in [0.1, 0.15) is 0 Å². The lowest BCUT2D eigenvalue weighted by atomic mass is 9.87. The molecular weight excluding hydrogens is 456 g/mol. The Morgan fingerprint density at radius 3 is 2.03 bits per heavy atom. The summed E-state index contributed by atoms with van der Waals surface area (Å²) in [6.07, 6.45) is 0. The number of carbonyl (C=O) groups is 1. The molecule has 0 aliphatic heterocycles. The normalized spacial score (nSPS) is 12.2. The predicted molar refractivity (Wildman–Crippen MR) is 147 cm³/mol. The van der Waals surface area contributed by atoms with E-state index in [9.17, 15) is 4.79 Å². The number of nitrogens with zero attached hydrogens (tertiary/aromatic N) is 1. The van der Waals surface area contributed by atoms with Crippen LogP contribution in [0, 0.1) is 0 Å². The summed E-state index contributed by atoms with van der Waals surface area (Å²) in [5, 5.41) is 3.03. The summed E-state index contributed by atoms with van der Waals surface area (Å²) in [5.41, 5.74) is 6.50. The Kier molecular flexibility index (Phi) is 6.88. The average Bonchev–Trinajstić information content (AvgIpc) is 3.19. The van der Waals surface area contributed by atoms with Crippen molar-refractivity contribution < 1.29 is 4.79 Å². The van der Waals surface area contributed by atoms with Crippen molar-refractivity contribution in [2.24, 2.45) is 0 Å². The lowest BCUT2D eigenvalue weighted by Gasteiger charge is -2.19. The highest BCUT2D eigenvalue weighted by molar-refractivity contribution is 8.00. The molecule has 0 unspecified atom stereocenters. The van der Waals surface area contributed by atoms with Crippen LogP contribution in [0.1, 0.15) is 68.6 Å². The monoisotopic (exact) mass is 488 g/mol. The fraction of sp³-hybridized carbons (Fsp3) is 0.310. The number of hydrogen-bond acceptors (Lipinski definition) is 4. The zero-order chi connectivity index (χ0) is 24.5. The van der Waals surface area contributed by atoms with Crippen LogP contribution in [0.15, 0.2) is 71.1 Å². The highest BCUT2D eigenvalue weighted by atomic mass is 32.2. The summed E-state index contributed by atoms with van der Waals surface area (Å²) in [7, 11) is 0. The van der Waals surface area contributed by atoms with Gasteiger partial charge in [-0.25, -0.2) is 4.98 Å². The number of fused-ring (bicyclic) bond motifs is 1. The zero-order valence-electron chi connectivity index (χ0n) is 20.7. The maximum atomic E-state index is 12.7. The van der Waals surface area contributed by atoms with Crippen molar-refractivity contribution >= 4 is 44.9 Å². The Bertz CT molecular complexity index is 1290. The third-order valence-corrected chi connectivity index (χ3v) is 8.05. The van der Waals surface area contributed by atoms with Gasteiger partial charge in [0, 0.05) is 17.0 Å². The number of nitrogens with one attached hydrogen (secondary N) is 1. The highest BCUT2D eigenvalue weighted by Crippen LogP contribution is 2.33. The van der Waals surface area contributed by atoms with Gasteiger partial charge in [-0.15, -0.1) is 11.3 Å². The Morgan fingerprint density at radius 1 is 0.853 bits per heavy atom. The maximum absolute atomic E-state index is 12.7. The van der Waals surface area contributed by atoms with E-state index in [0.717, 1.165) is 26.0 Å². The predicted octanol–water partition coefficient (Wildman–Crippen LogP) is 8.44. The van der Waals surface area contributed by atoms with E-state index in [1.807, 2.05) is 42.5 Å². The quantitative estimate of drug-likeness (QED) is 0.287. The first-order valence-electron chi connectivity index (χ1n) is 11.5. The van der Waals surface area contributed by atoms with Crippen LogP contribution in [-0.4, -0.2) is 10.9 Å². The number of aromatic nitrogens is 1. The van der Waals surface area contributed by atoms with Crippen LogP contribution in [-0.2, 0) is 16.6 Å². The molecule has 0 saturated heterocycles. The van der Waals surface area contributed by atoms with Crippen molar-refractivity contribution in [2.75, 3.05) is 5.32 Å². The molecule has 34 heavy (non-hydrogen) atoms. The highest BCUT2D eigenvalue weighted by Gasteiger charge is 2.15. The molecule has 0 saturated carbocycles. The molecule has 1 amide bonds. The average molecular weight is 489 g/mol. The molecule has 0 spiro atoms. The van der Waals surface area contributed by atoms with Gasteiger partial charge in [-0.3, -0.25) is 4.79 Å². The van der Waals surface area contributed by atoms with Crippen molar-refractivity contribution in [2.45, 2.75) is 62.5 Å². The second-order valence-electron chi connectivity index (χ2n) is 10.7. The van der Waals surface area contributed by atoms with Crippen LogP contribution >= 0.6 is 23.1 Å². The Hall–Kier alpha value is -2.63. The SMILES string of the molecule is CC(C)(C)c1ccc(CSc2nc3ccc(NC(=O)c4ccc(C(C)(C)C)cc4)cc3s2)cc1. The fourth-order valence-electron chi connectivity index (χ4n) is 3.61. The molecule has 176 valence electrons. The molecule has 4 aromatic rings. The van der Waals surface area contributed by atoms with Crippen LogP contribution in [0.25, 0.3) is 10.2 Å². The van der Waals surface area contributed by atoms with Crippen LogP contribution in [0.4, 0.5) is 5.69 Å². The van der Waals surface area contributed by atoms with Crippen molar-refractivity contribution in [3.8, 4) is 0 Å². The van der Waals surface area contributed by atoms with Crippen molar-refractivity contribution in [3.05, 3.63) is 89.0 Å². The smallest absolute Gasteiger partial charge is 0.255 e. The number of anilines is 1. The van der Waals surface area contributed by atoms with Crippen LogP contribution in [0.3, 0.4) is 0 Å². The topological polar surface area (TPSA) is 42.0 Å². The molecule has 0 radical (unpaired) electrons. The van der Waals surface area contributed by atoms with E-state index >= 15 is 0 Å². The Balaban J connectivity index is 1.41. The molecule has 1 aromatic heterocycles. The molecule has 5 heteroatoms. The van der Waals surface area contributed by atoms with E-state index in [4.69, 9.17) is 4.98 Å². The molecule has 3 aromatic carbocycles. The molecular formula is C29H32N2OS2. The van der Waals surface area contributed by atoms with E-state index < -0.39 is 0 Å². The minimum Gasteiger partial charge on any atom is -0.322 e. The van der Waals surface area contributed by atoms with Crippen LogP contribution in [0.2, 0.25) is 0 Å². The zero-order valence-corrected chi connectivity index (χ0v) is 22.4. The van der Waals surface area contributed by atoms with Gasteiger partial charge in [0.15, 0.2) is 4.34 Å². The number of carbonyl (C=O) groups excluding carboxylic acids is 1. The Morgan fingerprint density at radius 2 is 1.44 bits per heavy atom. The molecule has 3 nitrogen and oxygen atoms in total. The second-order valence-corrected chi connectivity index (χ2v) is 12.9. The minimum absolute atomic E-state index is 0.0673. The number of amides is 1. The van der Waals surface area contributed by atoms with E-state index in [0.29, 0.717) is 5.56 Å². The van der Waals surface area contributed by atoms with Crippen molar-refractivity contribution in [3.63, 3.8) is 0 Å². The first-order chi connectivity index (χ1) is 16.0. The summed E-state index contributed by atoms with van der Waals surface area (Å²) in [4.78, 5) is 17.5. The van der Waals surface area contributed by atoms with E-state index in [1.165, 1.54) is 16.7 Å². The summed E-state index contributed by atoms with van der Waals surface area (Å²) in [5.74, 6) is 0.788. The van der Waals surface area contributed by atoms with Crippen LogP contribution in [0.5, 0.6) is 0 Å². The summed E-state index contributed by atoms with van der Waals surface area (Å²) in [6.45, 7) is 13.2. The molecule has 0 bridgehead atoms. The first-order valence-corrected chi connectivity index (χ1v) is 13.3. The third-order valence-electron chi connectivity index (χ3n) is 5.82. The van der Waals surface area contributed by atoms with E-state index in [2.05, 4.69) is 71.1 Å². The maximum Gasteiger partial charge on any atom is 0.255 e. The van der Waals surface area contributed by atoms with Gasteiger partial charge in [0.05, 0.1) is 10.2 Å². The molecule has 1 heterocycles. The third kappa shape index (κ3) is 5.89. The van der Waals surface area contributed by atoms with Gasteiger partial charge in [-0.1, -0.05) is 89.7 Å². The molecule has 1 N–H and O–H groups in total. The van der Waals surface area contributed by atoms with Crippen LogP contribution < -0.4 is 5.32 Å². The lowest BCUT2D eigenvalue weighted by Crippen LogP contribution is -2.14. The van der Waals surface area contributed by atoms with Gasteiger partial charge in [-0.05, 0) is 57.9 Å². The lowest BCUT2D eigenvalue weighted by molar-refractivity contribution is 0.102. The molecule has 0 fully saturated rings. The number of hydrogen-bond donors (Lipinski definition) is 1. The number of rotatable bonds is 5. The van der Waals surface area contributed by atoms with E-state index in [1.54, 1.807) is 23.1 Å². The number of benzene rings is 3. The molecule has 0 aliphatic rings. The van der Waals surface area contributed by atoms with Crippen molar-refractivity contribution in [1.82, 2.24) is 4.98 Å². The number of thioether (sulfide) groups is 1. The summed E-state index contributed by atoms with van der Waals surface area (Å²) < 4.78 is 2.11.